The fourth-order valence-corrected chi connectivity index (χ4v) is 7.00. The van der Waals surface area contributed by atoms with Crippen molar-refractivity contribution in [2.45, 2.75) is 85.2 Å². The molecule has 0 aliphatic carbocycles. The van der Waals surface area contributed by atoms with Gasteiger partial charge in [0.15, 0.2) is 0 Å². The summed E-state index contributed by atoms with van der Waals surface area (Å²) in [6.45, 7) is 16.4. The van der Waals surface area contributed by atoms with E-state index in [0.717, 1.165) is 63.7 Å². The quantitative estimate of drug-likeness (QED) is 0.159. The van der Waals surface area contributed by atoms with E-state index in [4.69, 9.17) is 36.3 Å². The smallest absolute Gasteiger partial charge is 0.464 e. The van der Waals surface area contributed by atoms with Gasteiger partial charge in [-0.2, -0.15) is 0 Å². The van der Waals surface area contributed by atoms with Crippen molar-refractivity contribution < 1.29 is 36.3 Å². The monoisotopic (exact) mass is 896 g/mol. The second kappa shape index (κ2) is 16.7. The van der Waals surface area contributed by atoms with Crippen LogP contribution in [0.15, 0.2) is 149 Å². The first-order valence-electron chi connectivity index (χ1n) is 18.4. The molecule has 2 aliphatic heterocycles. The van der Waals surface area contributed by atoms with Crippen LogP contribution in [0.25, 0.3) is 43.9 Å². The van der Waals surface area contributed by atoms with Crippen LogP contribution in [0.5, 0.6) is 0 Å². The van der Waals surface area contributed by atoms with E-state index in [-0.39, 0.29) is 44.1 Å². The number of furan rings is 4. The SMILES string of the molecule is Brc1ccc2ccoc2c1.Brc1cccc2occc12.C.CC1(C)OB(c2ccc3ccoc3c2)OC1(C)C.CC1(C)OB(c2cccc3occc23)OC1(C)C. The predicted molar refractivity (Wildman–Crippen MR) is 238 cm³/mol. The van der Waals surface area contributed by atoms with Crippen molar-refractivity contribution in [1.29, 1.82) is 0 Å². The van der Waals surface area contributed by atoms with Crippen molar-refractivity contribution in [2.75, 3.05) is 0 Å². The summed E-state index contributed by atoms with van der Waals surface area (Å²) in [7, 11) is -0.666. The average Bonchev–Trinajstić information content (AvgIpc) is 4.00. The van der Waals surface area contributed by atoms with Gasteiger partial charge in [-0.3, -0.25) is 0 Å². The number of halogens is 2. The minimum absolute atomic E-state index is 0. The van der Waals surface area contributed by atoms with Crippen molar-refractivity contribution in [3.63, 3.8) is 0 Å². The van der Waals surface area contributed by atoms with Gasteiger partial charge in [0.2, 0.25) is 0 Å². The Morgan fingerprint density at radius 3 is 1.47 bits per heavy atom. The van der Waals surface area contributed by atoms with Crippen LogP contribution in [0.1, 0.15) is 62.8 Å². The maximum Gasteiger partial charge on any atom is 0.495 e. The van der Waals surface area contributed by atoms with Gasteiger partial charge >= 0.3 is 14.2 Å². The van der Waals surface area contributed by atoms with Crippen LogP contribution >= 0.6 is 31.9 Å². The minimum atomic E-state index is -0.337. The third-order valence-corrected chi connectivity index (χ3v) is 12.1. The Balaban J connectivity index is 0.000000132. The van der Waals surface area contributed by atoms with Crippen molar-refractivity contribution >= 4 is 101 Å². The minimum Gasteiger partial charge on any atom is -0.464 e. The summed E-state index contributed by atoms with van der Waals surface area (Å²) >= 11 is 6.77. The molecule has 0 unspecified atom stereocenters. The number of hydrogen-bond donors (Lipinski definition) is 0. The molecule has 0 amide bonds. The van der Waals surface area contributed by atoms with Crippen LogP contribution in [0.4, 0.5) is 0 Å². The van der Waals surface area contributed by atoms with E-state index < -0.39 is 0 Å². The highest BCUT2D eigenvalue weighted by molar-refractivity contribution is 9.11. The van der Waals surface area contributed by atoms with E-state index in [9.17, 15) is 0 Å². The van der Waals surface area contributed by atoms with Gasteiger partial charge in [0.25, 0.3) is 0 Å². The molecule has 8 nitrogen and oxygen atoms in total. The molecule has 12 heteroatoms. The number of rotatable bonds is 2. The molecule has 0 N–H and O–H groups in total. The Hall–Kier alpha value is -4.03. The highest BCUT2D eigenvalue weighted by Crippen LogP contribution is 2.38. The molecular weight excluding hydrogens is 850 g/mol. The number of benzene rings is 4. The Morgan fingerprint density at radius 2 is 0.895 bits per heavy atom. The zero-order valence-corrected chi connectivity index (χ0v) is 35.9. The third-order valence-electron chi connectivity index (χ3n) is 10.9. The molecule has 6 heterocycles. The summed E-state index contributed by atoms with van der Waals surface area (Å²) in [5.41, 5.74) is 4.35. The average molecular weight is 898 g/mol. The molecule has 0 spiro atoms. The largest absolute Gasteiger partial charge is 0.495 e. The lowest BCUT2D eigenvalue weighted by Crippen LogP contribution is -2.41. The van der Waals surface area contributed by atoms with Crippen LogP contribution in [-0.2, 0) is 18.6 Å². The normalized spacial score (nSPS) is 17.4. The molecule has 296 valence electrons. The van der Waals surface area contributed by atoms with Gasteiger partial charge in [-0.25, -0.2) is 0 Å². The van der Waals surface area contributed by atoms with Crippen LogP contribution in [-0.4, -0.2) is 36.6 Å². The first-order chi connectivity index (χ1) is 26.5. The molecule has 10 rings (SSSR count). The summed E-state index contributed by atoms with van der Waals surface area (Å²) in [6, 6.07) is 31.6. The molecule has 4 aromatic carbocycles. The standard InChI is InChI=1S/2C14H17BO3.2C8H5BrO.CH4/c1-13(2)14(3,4)18-15(17-13)11-6-5-10-7-8-16-12(10)9-11;1-13(2)14(3,4)18-15(17-13)11-6-5-7-12-10(11)8-9-16-12;9-7-2-1-6-3-4-10-8(6)5-7;9-7-2-1-3-8-6(7)4-5-10-8;/h2*5-9H,1-4H3;2*1-5H;1H4. The summed E-state index contributed by atoms with van der Waals surface area (Å²) in [5, 5.41) is 4.41. The van der Waals surface area contributed by atoms with Crippen LogP contribution in [0, 0.1) is 0 Å². The molecule has 0 atom stereocenters. The molecule has 57 heavy (non-hydrogen) atoms. The van der Waals surface area contributed by atoms with Gasteiger partial charge in [-0.15, -0.1) is 0 Å². The zero-order chi connectivity index (χ0) is 39.9. The lowest BCUT2D eigenvalue weighted by atomic mass is 9.77. The predicted octanol–water partition coefficient (Wildman–Crippen LogP) is 12.5. The Bertz CT molecular complexity index is 2550. The third kappa shape index (κ3) is 9.02. The van der Waals surface area contributed by atoms with Crippen LogP contribution in [0.2, 0.25) is 0 Å². The zero-order valence-electron chi connectivity index (χ0n) is 32.7. The van der Waals surface area contributed by atoms with Crippen molar-refractivity contribution in [3.8, 4) is 0 Å². The molecule has 2 fully saturated rings. The first kappa shape index (κ1) is 42.6. The van der Waals surface area contributed by atoms with Crippen molar-refractivity contribution in [3.05, 3.63) is 131 Å². The molecule has 2 saturated heterocycles. The molecule has 2 aliphatic rings. The number of hydrogen-bond acceptors (Lipinski definition) is 8. The number of fused-ring (bicyclic) bond motifs is 4. The maximum atomic E-state index is 6.06. The van der Waals surface area contributed by atoms with E-state index in [1.807, 2.05) is 97.1 Å². The van der Waals surface area contributed by atoms with E-state index in [1.165, 1.54) is 0 Å². The summed E-state index contributed by atoms with van der Waals surface area (Å²) in [6.07, 6.45) is 6.77. The van der Waals surface area contributed by atoms with Crippen molar-refractivity contribution in [1.82, 2.24) is 0 Å². The topological polar surface area (TPSA) is 89.5 Å². The van der Waals surface area contributed by atoms with E-state index in [2.05, 4.69) is 87.2 Å². The van der Waals surface area contributed by atoms with Gasteiger partial charge in [0.05, 0.1) is 47.5 Å². The molecule has 4 aromatic heterocycles. The Morgan fingerprint density at radius 1 is 0.439 bits per heavy atom. The molecule has 8 aromatic rings. The summed E-state index contributed by atoms with van der Waals surface area (Å²) in [4.78, 5) is 0. The lowest BCUT2D eigenvalue weighted by Gasteiger charge is -2.32. The van der Waals surface area contributed by atoms with Gasteiger partial charge in [0.1, 0.15) is 22.3 Å². The molecule has 0 bridgehead atoms. The Kier molecular flexibility index (Phi) is 12.5. The highest BCUT2D eigenvalue weighted by Gasteiger charge is 2.53. The fraction of sp³-hybridized carbons (Fsp3) is 0.289. The van der Waals surface area contributed by atoms with Gasteiger partial charge in [-0.05, 0) is 127 Å². The lowest BCUT2D eigenvalue weighted by molar-refractivity contribution is 0.00578. The first-order valence-corrected chi connectivity index (χ1v) is 20.0. The molecular formula is C45H48B2Br2O8. The Labute approximate surface area is 351 Å². The van der Waals surface area contributed by atoms with E-state index in [0.29, 0.717) is 0 Å². The van der Waals surface area contributed by atoms with Gasteiger partial charge in [-0.1, -0.05) is 75.7 Å². The van der Waals surface area contributed by atoms with Crippen LogP contribution < -0.4 is 10.9 Å². The van der Waals surface area contributed by atoms with E-state index >= 15 is 0 Å². The van der Waals surface area contributed by atoms with Gasteiger partial charge in [0, 0.05) is 30.5 Å². The summed E-state index contributed by atoms with van der Waals surface area (Å²) < 4.78 is 47.4. The second-order valence-electron chi connectivity index (χ2n) is 15.7. The van der Waals surface area contributed by atoms with Crippen LogP contribution in [0.3, 0.4) is 0 Å². The molecule has 0 saturated carbocycles. The summed E-state index contributed by atoms with van der Waals surface area (Å²) in [5.74, 6) is 0. The van der Waals surface area contributed by atoms with E-state index in [1.54, 1.807) is 25.1 Å². The van der Waals surface area contributed by atoms with Gasteiger partial charge < -0.3 is 36.3 Å². The maximum absolute atomic E-state index is 6.06. The molecule has 0 radical (unpaired) electrons. The fourth-order valence-electron chi connectivity index (χ4n) is 6.18. The van der Waals surface area contributed by atoms with Crippen molar-refractivity contribution in [2.24, 2.45) is 0 Å². The highest BCUT2D eigenvalue weighted by atomic mass is 79.9. The second-order valence-corrected chi connectivity index (χ2v) is 17.5.